The van der Waals surface area contributed by atoms with Crippen molar-refractivity contribution in [3.05, 3.63) is 35.1 Å². The number of rotatable bonds is 3. The summed E-state index contributed by atoms with van der Waals surface area (Å²) in [6.45, 7) is 2.44. The van der Waals surface area contributed by atoms with E-state index < -0.39 is 0 Å². The Kier molecular flexibility index (Phi) is 4.72. The van der Waals surface area contributed by atoms with Crippen LogP contribution in [0.3, 0.4) is 0 Å². The lowest BCUT2D eigenvalue weighted by molar-refractivity contribution is 0.0191. The minimum atomic E-state index is -0.204. The van der Waals surface area contributed by atoms with Gasteiger partial charge in [-0.1, -0.05) is 25.3 Å². The molecular formula is C15H22FNO. The minimum absolute atomic E-state index is 0.121. The standard InChI is InChI=1S/C15H22FNO/c1-11-7-8-13(16)9-12(11)10-18-15-6-4-2-3-5-14(15)17/h7-9,14-15H,2-6,10,17H2,1H3. The van der Waals surface area contributed by atoms with Gasteiger partial charge in [0.1, 0.15) is 5.82 Å². The van der Waals surface area contributed by atoms with Crippen LogP contribution >= 0.6 is 0 Å². The van der Waals surface area contributed by atoms with Crippen LogP contribution in [0.25, 0.3) is 0 Å². The summed E-state index contributed by atoms with van der Waals surface area (Å²) in [6, 6.07) is 4.95. The van der Waals surface area contributed by atoms with Crippen molar-refractivity contribution in [1.29, 1.82) is 0 Å². The quantitative estimate of drug-likeness (QED) is 0.836. The van der Waals surface area contributed by atoms with Crippen molar-refractivity contribution >= 4 is 0 Å². The maximum Gasteiger partial charge on any atom is 0.123 e. The van der Waals surface area contributed by atoms with Crippen molar-refractivity contribution in [1.82, 2.24) is 0 Å². The summed E-state index contributed by atoms with van der Waals surface area (Å²) in [5.74, 6) is -0.204. The zero-order valence-corrected chi connectivity index (χ0v) is 11.0. The largest absolute Gasteiger partial charge is 0.372 e. The number of ether oxygens (including phenoxy) is 1. The number of halogens is 1. The first kappa shape index (κ1) is 13.5. The van der Waals surface area contributed by atoms with Crippen LogP contribution in [-0.2, 0) is 11.3 Å². The topological polar surface area (TPSA) is 35.2 Å². The van der Waals surface area contributed by atoms with Gasteiger partial charge in [0.2, 0.25) is 0 Å². The molecule has 0 saturated heterocycles. The molecule has 2 atom stereocenters. The third-order valence-electron chi connectivity index (χ3n) is 3.77. The van der Waals surface area contributed by atoms with Crippen LogP contribution in [0, 0.1) is 12.7 Å². The third kappa shape index (κ3) is 3.53. The Morgan fingerprint density at radius 1 is 1.28 bits per heavy atom. The van der Waals surface area contributed by atoms with Crippen LogP contribution in [0.4, 0.5) is 4.39 Å². The van der Waals surface area contributed by atoms with E-state index in [9.17, 15) is 4.39 Å². The average Bonchev–Trinajstić information content (AvgIpc) is 2.55. The molecule has 1 saturated carbocycles. The van der Waals surface area contributed by atoms with E-state index in [2.05, 4.69) is 0 Å². The Balaban J connectivity index is 1.95. The Morgan fingerprint density at radius 2 is 2.06 bits per heavy atom. The SMILES string of the molecule is Cc1ccc(F)cc1COC1CCCCCC1N. The molecule has 0 amide bonds. The summed E-state index contributed by atoms with van der Waals surface area (Å²) in [5.41, 5.74) is 8.10. The molecular weight excluding hydrogens is 229 g/mol. The van der Waals surface area contributed by atoms with Crippen LogP contribution in [0.1, 0.15) is 43.2 Å². The zero-order valence-electron chi connectivity index (χ0n) is 11.0. The Morgan fingerprint density at radius 3 is 2.89 bits per heavy atom. The van der Waals surface area contributed by atoms with Crippen molar-refractivity contribution in [2.24, 2.45) is 5.73 Å². The highest BCUT2D eigenvalue weighted by atomic mass is 19.1. The lowest BCUT2D eigenvalue weighted by atomic mass is 10.1. The van der Waals surface area contributed by atoms with Gasteiger partial charge in [-0.05, 0) is 43.0 Å². The van der Waals surface area contributed by atoms with E-state index >= 15 is 0 Å². The second-order valence-electron chi connectivity index (χ2n) is 5.22. The molecule has 1 fully saturated rings. The van der Waals surface area contributed by atoms with Crippen LogP contribution in [0.2, 0.25) is 0 Å². The van der Waals surface area contributed by atoms with Crippen molar-refractivity contribution in [3.63, 3.8) is 0 Å². The van der Waals surface area contributed by atoms with E-state index in [0.717, 1.165) is 24.0 Å². The van der Waals surface area contributed by atoms with Gasteiger partial charge in [0, 0.05) is 6.04 Å². The van der Waals surface area contributed by atoms with Crippen molar-refractivity contribution in [2.45, 2.75) is 57.8 Å². The summed E-state index contributed by atoms with van der Waals surface area (Å²) >= 11 is 0. The summed E-state index contributed by atoms with van der Waals surface area (Å²) in [5, 5.41) is 0. The van der Waals surface area contributed by atoms with Gasteiger partial charge < -0.3 is 10.5 Å². The van der Waals surface area contributed by atoms with Crippen LogP contribution in [-0.4, -0.2) is 12.1 Å². The highest BCUT2D eigenvalue weighted by Crippen LogP contribution is 2.21. The first-order chi connectivity index (χ1) is 8.66. The molecule has 3 heteroatoms. The van der Waals surface area contributed by atoms with Gasteiger partial charge in [-0.25, -0.2) is 4.39 Å². The fraction of sp³-hybridized carbons (Fsp3) is 0.600. The highest BCUT2D eigenvalue weighted by Gasteiger charge is 2.21. The third-order valence-corrected chi connectivity index (χ3v) is 3.77. The number of hydrogen-bond acceptors (Lipinski definition) is 2. The van der Waals surface area contributed by atoms with Crippen LogP contribution in [0.5, 0.6) is 0 Å². The normalized spacial score (nSPS) is 24.8. The van der Waals surface area contributed by atoms with Gasteiger partial charge in [-0.2, -0.15) is 0 Å². The minimum Gasteiger partial charge on any atom is -0.372 e. The average molecular weight is 251 g/mol. The summed E-state index contributed by atoms with van der Waals surface area (Å²) < 4.78 is 19.1. The van der Waals surface area contributed by atoms with Gasteiger partial charge in [0.15, 0.2) is 0 Å². The lowest BCUT2D eigenvalue weighted by Gasteiger charge is -2.22. The Bertz CT molecular complexity index is 394. The molecule has 100 valence electrons. The molecule has 1 aliphatic rings. The zero-order chi connectivity index (χ0) is 13.0. The number of aryl methyl sites for hydroxylation is 1. The van der Waals surface area contributed by atoms with Crippen LogP contribution in [0.15, 0.2) is 18.2 Å². The molecule has 0 spiro atoms. The molecule has 0 aliphatic heterocycles. The number of benzene rings is 1. The fourth-order valence-corrected chi connectivity index (χ4v) is 2.50. The molecule has 2 N–H and O–H groups in total. The second kappa shape index (κ2) is 6.30. The summed E-state index contributed by atoms with van der Waals surface area (Å²) in [4.78, 5) is 0. The van der Waals surface area contributed by atoms with E-state index in [1.165, 1.54) is 25.3 Å². The van der Waals surface area contributed by atoms with E-state index in [1.807, 2.05) is 6.92 Å². The van der Waals surface area contributed by atoms with Gasteiger partial charge in [-0.15, -0.1) is 0 Å². The van der Waals surface area contributed by atoms with Crippen LogP contribution < -0.4 is 5.73 Å². The smallest absolute Gasteiger partial charge is 0.123 e. The lowest BCUT2D eigenvalue weighted by Crippen LogP contribution is -2.35. The Hall–Kier alpha value is -0.930. The summed E-state index contributed by atoms with van der Waals surface area (Å²) in [7, 11) is 0. The second-order valence-corrected chi connectivity index (χ2v) is 5.22. The molecule has 2 rings (SSSR count). The van der Waals surface area contributed by atoms with Gasteiger partial charge in [0.25, 0.3) is 0 Å². The van der Waals surface area contributed by atoms with E-state index in [1.54, 1.807) is 12.1 Å². The monoisotopic (exact) mass is 251 g/mol. The Labute approximate surface area is 108 Å². The number of hydrogen-bond donors (Lipinski definition) is 1. The molecule has 18 heavy (non-hydrogen) atoms. The molecule has 1 aliphatic carbocycles. The summed E-state index contributed by atoms with van der Waals surface area (Å²) in [6.07, 6.45) is 5.80. The molecule has 1 aromatic carbocycles. The van der Waals surface area contributed by atoms with Gasteiger partial charge in [-0.3, -0.25) is 0 Å². The first-order valence-electron chi connectivity index (χ1n) is 6.79. The van der Waals surface area contributed by atoms with E-state index in [4.69, 9.17) is 10.5 Å². The molecule has 0 aromatic heterocycles. The molecule has 0 radical (unpaired) electrons. The molecule has 2 unspecified atom stereocenters. The highest BCUT2D eigenvalue weighted by molar-refractivity contribution is 5.25. The maximum atomic E-state index is 13.2. The van der Waals surface area contributed by atoms with Gasteiger partial charge >= 0.3 is 0 Å². The predicted molar refractivity (Wildman–Crippen MR) is 70.8 cm³/mol. The van der Waals surface area contributed by atoms with E-state index in [0.29, 0.717) is 6.61 Å². The molecule has 2 nitrogen and oxygen atoms in total. The molecule has 0 heterocycles. The maximum absolute atomic E-state index is 13.2. The number of nitrogens with two attached hydrogens (primary N) is 1. The fourth-order valence-electron chi connectivity index (χ4n) is 2.50. The van der Waals surface area contributed by atoms with E-state index in [-0.39, 0.29) is 18.0 Å². The van der Waals surface area contributed by atoms with Crippen molar-refractivity contribution in [3.8, 4) is 0 Å². The predicted octanol–water partition coefficient (Wildman–Crippen LogP) is 3.31. The van der Waals surface area contributed by atoms with Gasteiger partial charge in [0.05, 0.1) is 12.7 Å². The first-order valence-corrected chi connectivity index (χ1v) is 6.79. The van der Waals surface area contributed by atoms with Crippen molar-refractivity contribution < 1.29 is 9.13 Å². The molecule has 0 bridgehead atoms. The molecule has 1 aromatic rings. The van der Waals surface area contributed by atoms with Crippen molar-refractivity contribution in [2.75, 3.05) is 0 Å².